The number of nitrogens with one attached hydrogen (secondary N) is 1. The molecule has 162 valence electrons. The van der Waals surface area contributed by atoms with Crippen LogP contribution in [-0.4, -0.2) is 78.3 Å². The van der Waals surface area contributed by atoms with Crippen LogP contribution in [0.2, 0.25) is 0 Å². The Morgan fingerprint density at radius 3 is 2.52 bits per heavy atom. The monoisotopic (exact) mass is 423 g/mol. The van der Waals surface area contributed by atoms with Gasteiger partial charge >= 0.3 is 0 Å². The summed E-state index contributed by atoms with van der Waals surface area (Å²) in [6.45, 7) is 4.75. The molecule has 9 heteroatoms. The Hall–Kier alpha value is -3.46. The highest BCUT2D eigenvalue weighted by atomic mass is 16.5. The number of aryl methyl sites for hydroxylation is 1. The normalized spacial score (nSPS) is 14.1. The fourth-order valence-corrected chi connectivity index (χ4v) is 3.75. The maximum absolute atomic E-state index is 13.0. The summed E-state index contributed by atoms with van der Waals surface area (Å²) in [6.07, 6.45) is 0. The van der Waals surface area contributed by atoms with E-state index in [0.29, 0.717) is 62.3 Å². The lowest BCUT2D eigenvalue weighted by molar-refractivity contribution is -0.126. The van der Waals surface area contributed by atoms with Crippen molar-refractivity contribution >= 4 is 28.4 Å². The van der Waals surface area contributed by atoms with Gasteiger partial charge in [-0.1, -0.05) is 18.2 Å². The minimum absolute atomic E-state index is 0.412. The molecule has 0 radical (unpaired) electrons. The van der Waals surface area contributed by atoms with Gasteiger partial charge in [0.15, 0.2) is 5.82 Å². The van der Waals surface area contributed by atoms with Crippen LogP contribution in [0, 0.1) is 6.92 Å². The number of amides is 1. The van der Waals surface area contributed by atoms with E-state index in [-0.39, 0.29) is 0 Å². The average molecular weight is 423 g/mol. The zero-order valence-corrected chi connectivity index (χ0v) is 17.6. The highest BCUT2D eigenvalue weighted by Crippen LogP contribution is 2.23. The number of fused-ring (bicyclic) bond motifs is 1. The van der Waals surface area contributed by atoms with Crippen LogP contribution in [0.25, 0.3) is 10.9 Å². The van der Waals surface area contributed by atoms with Crippen molar-refractivity contribution in [1.82, 2.24) is 20.1 Å². The van der Waals surface area contributed by atoms with Crippen LogP contribution < -0.4 is 9.64 Å². The topological polar surface area (TPSA) is 101 Å². The molecule has 3 heterocycles. The number of hydrogen-bond donors (Lipinski definition) is 1. The second-order valence-electron chi connectivity index (χ2n) is 7.35. The van der Waals surface area contributed by atoms with Crippen LogP contribution in [0.4, 0.5) is 5.82 Å². The van der Waals surface area contributed by atoms with Crippen molar-refractivity contribution in [3.05, 3.63) is 47.7 Å². The third-order valence-electron chi connectivity index (χ3n) is 5.37. The molecule has 0 spiro atoms. The molecule has 1 aliphatic heterocycles. The molecule has 0 atom stereocenters. The first kappa shape index (κ1) is 20.8. The number of aromatic amines is 1. The number of nitrogens with zero attached hydrogens (tertiary/aromatic N) is 4. The van der Waals surface area contributed by atoms with Crippen LogP contribution >= 0.6 is 0 Å². The Labute approximate surface area is 180 Å². The van der Waals surface area contributed by atoms with Gasteiger partial charge in [-0.2, -0.15) is 0 Å². The van der Waals surface area contributed by atoms with Gasteiger partial charge in [-0.05, 0) is 19.1 Å². The van der Waals surface area contributed by atoms with Crippen LogP contribution in [-0.2, 0) is 9.53 Å². The molecule has 1 fully saturated rings. The largest absolute Gasteiger partial charge is 0.474 e. The molecule has 1 aromatic carbocycles. The Bertz CT molecular complexity index is 1070. The lowest BCUT2D eigenvalue weighted by Gasteiger charge is -2.34. The third-order valence-corrected chi connectivity index (χ3v) is 5.37. The van der Waals surface area contributed by atoms with Gasteiger partial charge in [-0.3, -0.25) is 9.59 Å². The first-order chi connectivity index (χ1) is 15.1. The van der Waals surface area contributed by atoms with E-state index in [1.165, 1.54) is 0 Å². The van der Waals surface area contributed by atoms with Crippen molar-refractivity contribution < 1.29 is 19.1 Å². The van der Waals surface area contributed by atoms with E-state index < -0.39 is 11.7 Å². The number of ether oxygens (including phenoxy) is 2. The number of carbonyl (C=O) groups excluding carboxylic acids is 2. The lowest BCUT2D eigenvalue weighted by Crippen LogP contribution is -2.51. The molecule has 0 saturated carbocycles. The van der Waals surface area contributed by atoms with Gasteiger partial charge in [0.05, 0.1) is 12.2 Å². The van der Waals surface area contributed by atoms with Crippen LogP contribution in [0.1, 0.15) is 16.1 Å². The smallest absolute Gasteiger partial charge is 0.295 e. The van der Waals surface area contributed by atoms with Gasteiger partial charge < -0.3 is 24.3 Å². The summed E-state index contributed by atoms with van der Waals surface area (Å²) in [6, 6.07) is 11.1. The van der Waals surface area contributed by atoms with E-state index >= 15 is 0 Å². The van der Waals surface area contributed by atoms with Gasteiger partial charge in [-0.25, -0.2) is 0 Å². The standard InChI is InChI=1S/C22H25N5O4/c1-15-20(16-5-3-4-6-17(16)23-15)21(28)22(29)27-11-9-26(10-12-27)18-7-8-19(25-24-18)31-14-13-30-2/h3-8,23H,9-14H2,1-2H3. The van der Waals surface area contributed by atoms with Gasteiger partial charge in [0, 0.05) is 56.0 Å². The van der Waals surface area contributed by atoms with E-state index in [1.54, 1.807) is 18.1 Å². The molecule has 1 saturated heterocycles. The number of carbonyl (C=O) groups is 2. The maximum atomic E-state index is 13.0. The van der Waals surface area contributed by atoms with E-state index in [0.717, 1.165) is 10.9 Å². The third kappa shape index (κ3) is 4.36. The predicted molar refractivity (Wildman–Crippen MR) is 116 cm³/mol. The highest BCUT2D eigenvalue weighted by molar-refractivity contribution is 6.45. The predicted octanol–water partition coefficient (Wildman–Crippen LogP) is 1.82. The average Bonchev–Trinajstić information content (AvgIpc) is 3.14. The number of ketones is 1. The molecule has 0 unspecified atom stereocenters. The molecule has 31 heavy (non-hydrogen) atoms. The SMILES string of the molecule is COCCOc1ccc(N2CCN(C(=O)C(=O)c3c(C)[nH]c4ccccc34)CC2)nn1. The lowest BCUT2D eigenvalue weighted by atomic mass is 10.1. The van der Waals surface area contributed by atoms with E-state index in [1.807, 2.05) is 42.2 Å². The Balaban J connectivity index is 1.37. The van der Waals surface area contributed by atoms with E-state index in [4.69, 9.17) is 9.47 Å². The summed E-state index contributed by atoms with van der Waals surface area (Å²) in [4.78, 5) is 32.7. The van der Waals surface area contributed by atoms with Crippen LogP contribution in [0.5, 0.6) is 5.88 Å². The number of anilines is 1. The molecule has 0 aliphatic carbocycles. The second kappa shape index (κ2) is 9.13. The van der Waals surface area contributed by atoms with Crippen molar-refractivity contribution in [2.45, 2.75) is 6.92 Å². The summed E-state index contributed by atoms with van der Waals surface area (Å²) < 4.78 is 10.4. The van der Waals surface area contributed by atoms with Gasteiger partial charge in [-0.15, -0.1) is 10.2 Å². The highest BCUT2D eigenvalue weighted by Gasteiger charge is 2.30. The van der Waals surface area contributed by atoms with Crippen molar-refractivity contribution in [3.8, 4) is 5.88 Å². The summed E-state index contributed by atoms with van der Waals surface area (Å²) in [5.41, 5.74) is 2.02. The van der Waals surface area contributed by atoms with E-state index in [2.05, 4.69) is 15.2 Å². The number of H-pyrrole nitrogens is 1. The van der Waals surface area contributed by atoms with Crippen molar-refractivity contribution in [1.29, 1.82) is 0 Å². The zero-order valence-electron chi connectivity index (χ0n) is 17.6. The Morgan fingerprint density at radius 2 is 1.81 bits per heavy atom. The van der Waals surface area contributed by atoms with Crippen molar-refractivity contribution in [2.75, 3.05) is 51.4 Å². The number of para-hydroxylation sites is 1. The second-order valence-corrected chi connectivity index (χ2v) is 7.35. The Kier molecular flexibility index (Phi) is 6.13. The number of aromatic nitrogens is 3. The number of piperazine rings is 1. The fourth-order valence-electron chi connectivity index (χ4n) is 3.75. The molecule has 4 rings (SSSR count). The van der Waals surface area contributed by atoms with Gasteiger partial charge in [0.1, 0.15) is 6.61 Å². The van der Waals surface area contributed by atoms with Crippen molar-refractivity contribution in [3.63, 3.8) is 0 Å². The minimum Gasteiger partial charge on any atom is -0.474 e. The molecule has 1 amide bonds. The quantitative estimate of drug-likeness (QED) is 0.351. The minimum atomic E-state index is -0.472. The molecular formula is C22H25N5O4. The molecule has 2 aromatic heterocycles. The molecule has 1 N–H and O–H groups in total. The molecule has 3 aromatic rings. The number of hydrogen-bond acceptors (Lipinski definition) is 7. The number of Topliss-reactive ketones (excluding diaryl/α,β-unsaturated/α-hetero) is 1. The fraction of sp³-hybridized carbons (Fsp3) is 0.364. The zero-order chi connectivity index (χ0) is 21.8. The van der Waals surface area contributed by atoms with E-state index in [9.17, 15) is 9.59 Å². The number of benzene rings is 1. The summed E-state index contributed by atoms with van der Waals surface area (Å²) in [5.74, 6) is 0.209. The summed E-state index contributed by atoms with van der Waals surface area (Å²) >= 11 is 0. The first-order valence-electron chi connectivity index (χ1n) is 10.2. The van der Waals surface area contributed by atoms with Crippen molar-refractivity contribution in [2.24, 2.45) is 0 Å². The van der Waals surface area contributed by atoms with Gasteiger partial charge in [0.2, 0.25) is 5.88 Å². The maximum Gasteiger partial charge on any atom is 0.295 e. The first-order valence-corrected chi connectivity index (χ1v) is 10.2. The van der Waals surface area contributed by atoms with Gasteiger partial charge in [0.25, 0.3) is 11.7 Å². The van der Waals surface area contributed by atoms with Crippen LogP contribution in [0.3, 0.4) is 0 Å². The summed E-state index contributed by atoms with van der Waals surface area (Å²) in [7, 11) is 1.61. The summed E-state index contributed by atoms with van der Waals surface area (Å²) in [5, 5.41) is 9.06. The molecule has 9 nitrogen and oxygen atoms in total. The molecule has 1 aliphatic rings. The number of methoxy groups -OCH3 is 1. The van der Waals surface area contributed by atoms with Crippen LogP contribution in [0.15, 0.2) is 36.4 Å². The molecule has 0 bridgehead atoms. The number of rotatable bonds is 7. The molecular weight excluding hydrogens is 398 g/mol. The Morgan fingerprint density at radius 1 is 1.03 bits per heavy atom.